The Hall–Kier alpha value is -1.97. The number of ether oxygens (including phenoxy) is 3. The minimum absolute atomic E-state index is 0.0473. The van der Waals surface area contributed by atoms with E-state index < -0.39 is 57.7 Å². The predicted octanol–water partition coefficient (Wildman–Crippen LogP) is 2.33. The zero-order valence-electron chi connectivity index (χ0n) is 22.1. The van der Waals surface area contributed by atoms with Gasteiger partial charge in [-0.05, 0) is 50.9 Å². The molecule has 0 spiro atoms. The molecule has 9 heteroatoms. The molecular formula is C27H40O9. The third-order valence-electron chi connectivity index (χ3n) is 10.3. The molecule has 0 aromatic rings. The topological polar surface area (TPSA) is 140 Å². The first-order chi connectivity index (χ1) is 16.5. The van der Waals surface area contributed by atoms with Crippen LogP contribution in [-0.2, 0) is 28.6 Å². The van der Waals surface area contributed by atoms with E-state index in [1.54, 1.807) is 13.8 Å². The monoisotopic (exact) mass is 508 g/mol. The summed E-state index contributed by atoms with van der Waals surface area (Å²) in [5.74, 6) is -1.94. The van der Waals surface area contributed by atoms with Crippen LogP contribution in [0.25, 0.3) is 0 Å². The number of hydrogen-bond acceptors (Lipinski definition) is 9. The van der Waals surface area contributed by atoms with Crippen molar-refractivity contribution in [3.63, 3.8) is 0 Å². The third kappa shape index (κ3) is 3.49. The molecule has 4 aliphatic carbocycles. The Morgan fingerprint density at radius 2 is 1.61 bits per heavy atom. The molecule has 0 saturated heterocycles. The molecule has 0 radical (unpaired) electrons. The summed E-state index contributed by atoms with van der Waals surface area (Å²) in [6.07, 6.45) is 2.02. The second-order valence-corrected chi connectivity index (χ2v) is 11.9. The second kappa shape index (κ2) is 8.53. The van der Waals surface area contributed by atoms with Gasteiger partial charge in [0.05, 0.1) is 5.41 Å². The van der Waals surface area contributed by atoms with E-state index in [-0.39, 0.29) is 37.8 Å². The zero-order chi connectivity index (χ0) is 26.9. The first kappa shape index (κ1) is 27.1. The normalized spacial score (nSPS) is 46.4. The molecule has 0 aromatic carbocycles. The highest BCUT2D eigenvalue weighted by Crippen LogP contribution is 2.71. The molecule has 202 valence electrons. The molecule has 0 aliphatic heterocycles. The maximum Gasteiger partial charge on any atom is 0.302 e. The summed E-state index contributed by atoms with van der Waals surface area (Å²) in [6, 6.07) is 0. The van der Waals surface area contributed by atoms with Gasteiger partial charge in [-0.25, -0.2) is 0 Å². The van der Waals surface area contributed by atoms with Crippen molar-refractivity contribution in [3.8, 4) is 0 Å². The van der Waals surface area contributed by atoms with Crippen LogP contribution in [0.5, 0.6) is 0 Å². The van der Waals surface area contributed by atoms with Crippen molar-refractivity contribution in [2.45, 2.75) is 122 Å². The van der Waals surface area contributed by atoms with Crippen LogP contribution in [-0.4, -0.2) is 68.3 Å². The molecule has 3 N–H and O–H groups in total. The van der Waals surface area contributed by atoms with Crippen LogP contribution in [0.15, 0.2) is 11.6 Å². The molecule has 0 aromatic heterocycles. The summed E-state index contributed by atoms with van der Waals surface area (Å²) >= 11 is 0. The summed E-state index contributed by atoms with van der Waals surface area (Å²) in [6.45, 7) is 9.18. The lowest BCUT2D eigenvalue weighted by Gasteiger charge is -2.67. The van der Waals surface area contributed by atoms with Crippen molar-refractivity contribution < 1.29 is 43.9 Å². The Bertz CT molecular complexity index is 992. The Morgan fingerprint density at radius 1 is 0.972 bits per heavy atom. The van der Waals surface area contributed by atoms with Crippen LogP contribution in [0, 0.1) is 16.7 Å². The van der Waals surface area contributed by atoms with Gasteiger partial charge in [-0.15, -0.1) is 0 Å². The fourth-order valence-electron chi connectivity index (χ4n) is 8.36. The van der Waals surface area contributed by atoms with E-state index in [1.807, 2.05) is 6.08 Å². The molecule has 9 atom stereocenters. The van der Waals surface area contributed by atoms with Crippen molar-refractivity contribution in [2.24, 2.45) is 16.7 Å². The minimum atomic E-state index is -1.83. The van der Waals surface area contributed by atoms with Gasteiger partial charge >= 0.3 is 17.9 Å². The van der Waals surface area contributed by atoms with Crippen molar-refractivity contribution >= 4 is 17.9 Å². The molecule has 9 nitrogen and oxygen atoms in total. The number of fused-ring (bicyclic) bond motifs is 5. The number of esters is 3. The molecule has 0 amide bonds. The molecule has 4 aliphatic rings. The van der Waals surface area contributed by atoms with Gasteiger partial charge in [0, 0.05) is 33.1 Å². The highest BCUT2D eigenvalue weighted by Gasteiger charge is 2.81. The lowest BCUT2D eigenvalue weighted by atomic mass is 9.42. The lowest BCUT2D eigenvalue weighted by Crippen LogP contribution is -2.78. The van der Waals surface area contributed by atoms with Crippen molar-refractivity contribution in [2.75, 3.05) is 0 Å². The van der Waals surface area contributed by atoms with Gasteiger partial charge in [0.2, 0.25) is 0 Å². The van der Waals surface area contributed by atoms with Gasteiger partial charge in [0.15, 0.2) is 0 Å². The van der Waals surface area contributed by atoms with Gasteiger partial charge in [0.25, 0.3) is 0 Å². The van der Waals surface area contributed by atoms with E-state index >= 15 is 0 Å². The minimum Gasteiger partial charge on any atom is -0.462 e. The van der Waals surface area contributed by atoms with Crippen LogP contribution in [0.4, 0.5) is 0 Å². The fourth-order valence-corrected chi connectivity index (χ4v) is 8.36. The third-order valence-corrected chi connectivity index (χ3v) is 10.3. The number of carbonyl (C=O) groups is 3. The first-order valence-electron chi connectivity index (χ1n) is 12.9. The maximum absolute atomic E-state index is 12.5. The van der Waals surface area contributed by atoms with Gasteiger partial charge in [-0.1, -0.05) is 25.5 Å². The van der Waals surface area contributed by atoms with Gasteiger partial charge in [-0.2, -0.15) is 0 Å². The van der Waals surface area contributed by atoms with Gasteiger partial charge in [-0.3, -0.25) is 14.4 Å². The summed E-state index contributed by atoms with van der Waals surface area (Å²) < 4.78 is 16.7. The molecule has 0 bridgehead atoms. The highest BCUT2D eigenvalue weighted by molar-refractivity contribution is 5.67. The van der Waals surface area contributed by atoms with Gasteiger partial charge in [0.1, 0.15) is 35.1 Å². The largest absolute Gasteiger partial charge is 0.462 e. The van der Waals surface area contributed by atoms with Crippen LogP contribution in [0.3, 0.4) is 0 Å². The van der Waals surface area contributed by atoms with Crippen LogP contribution < -0.4 is 0 Å². The van der Waals surface area contributed by atoms with E-state index in [9.17, 15) is 29.7 Å². The van der Waals surface area contributed by atoms with Crippen LogP contribution in [0.1, 0.15) is 86.5 Å². The van der Waals surface area contributed by atoms with Crippen molar-refractivity contribution in [3.05, 3.63) is 11.6 Å². The smallest absolute Gasteiger partial charge is 0.302 e. The molecule has 0 heterocycles. The van der Waals surface area contributed by atoms with E-state index in [0.717, 1.165) is 5.57 Å². The summed E-state index contributed by atoms with van der Waals surface area (Å²) in [5.41, 5.74) is -6.17. The number of carbonyl (C=O) groups excluding carboxylic acids is 3. The molecule has 3 fully saturated rings. The quantitative estimate of drug-likeness (QED) is 0.296. The SMILES string of the molecule is CC(=O)O[C@H]1CC[C@@]2(C)C(=CC[C@]3(O)[C@@H]2C[C@@H](OC(C)=O)[C@@]2(C)[C@]3(O)CC[C@@]2(O)[C@H](C)OC(C)=O)C1. The van der Waals surface area contributed by atoms with Crippen LogP contribution >= 0.6 is 0 Å². The van der Waals surface area contributed by atoms with Crippen LogP contribution in [0.2, 0.25) is 0 Å². The molecule has 36 heavy (non-hydrogen) atoms. The van der Waals surface area contributed by atoms with E-state index in [4.69, 9.17) is 14.2 Å². The Morgan fingerprint density at radius 3 is 2.19 bits per heavy atom. The molecular weight excluding hydrogens is 468 g/mol. The molecule has 4 rings (SSSR count). The summed E-state index contributed by atoms with van der Waals surface area (Å²) in [5, 5.41) is 36.9. The van der Waals surface area contributed by atoms with E-state index in [1.165, 1.54) is 20.8 Å². The standard InChI is InChI=1S/C27H40O9/c1-15(34-16(2)28)25(31)11-12-27(33)24(25,6)22(36-18(4)30)14-21-23(5)9-8-20(35-17(3)29)13-19(23)7-10-26(21,27)32/h7,15,20-22,31-33H,8-14H2,1-6H3/t15-,20-,21+,22+,23-,24+,25+,26-,27+/m0/s1. The van der Waals surface area contributed by atoms with Gasteiger partial charge < -0.3 is 29.5 Å². The first-order valence-corrected chi connectivity index (χ1v) is 12.9. The Balaban J connectivity index is 1.81. The molecule has 0 unspecified atom stereocenters. The number of aliphatic hydroxyl groups is 3. The lowest BCUT2D eigenvalue weighted by molar-refractivity contribution is -0.327. The Kier molecular flexibility index (Phi) is 6.42. The summed E-state index contributed by atoms with van der Waals surface area (Å²) in [7, 11) is 0. The Labute approximate surface area is 212 Å². The average Bonchev–Trinajstić information content (AvgIpc) is 2.99. The highest BCUT2D eigenvalue weighted by atomic mass is 16.6. The summed E-state index contributed by atoms with van der Waals surface area (Å²) in [4.78, 5) is 35.6. The van der Waals surface area contributed by atoms with E-state index in [2.05, 4.69) is 6.92 Å². The average molecular weight is 509 g/mol. The predicted molar refractivity (Wildman–Crippen MR) is 127 cm³/mol. The molecule has 3 saturated carbocycles. The van der Waals surface area contributed by atoms with E-state index in [0.29, 0.717) is 19.3 Å². The fraction of sp³-hybridized carbons (Fsp3) is 0.815. The second-order valence-electron chi connectivity index (χ2n) is 11.9. The van der Waals surface area contributed by atoms with Crippen molar-refractivity contribution in [1.29, 1.82) is 0 Å². The zero-order valence-corrected chi connectivity index (χ0v) is 22.1. The number of hydrogen-bond donors (Lipinski definition) is 3. The van der Waals surface area contributed by atoms with Crippen molar-refractivity contribution in [1.82, 2.24) is 0 Å². The maximum atomic E-state index is 12.5. The number of rotatable bonds is 4.